The number of anilines is 2. The highest BCUT2D eigenvalue weighted by Crippen LogP contribution is 2.31. The third-order valence-corrected chi connectivity index (χ3v) is 8.94. The first-order valence-electron chi connectivity index (χ1n) is 12.0. The minimum atomic E-state index is -4.91. The number of halogens is 4. The Labute approximate surface area is 231 Å². The fourth-order valence-corrected chi connectivity index (χ4v) is 6.37. The first-order valence-corrected chi connectivity index (χ1v) is 14.2. The second-order valence-electron chi connectivity index (χ2n) is 9.09. The Kier molecular flexibility index (Phi) is 7.44. The maximum atomic E-state index is 13.1. The van der Waals surface area contributed by atoms with E-state index in [9.17, 15) is 21.6 Å². The normalized spacial score (nSPS) is 15.5. The van der Waals surface area contributed by atoms with E-state index in [1.165, 1.54) is 16.4 Å². The number of nitrogens with two attached hydrogens (primary N) is 1. The summed E-state index contributed by atoms with van der Waals surface area (Å²) in [5.41, 5.74) is 8.86. The standard InChI is InChI=1S/C25H24BrF3N6O3S/c26-20-15-32-35-23(13-22(33-24(20)35)19-6-1-2-7-21(19)30)31-14-16-8-10-34(11-9-16)39(36,37)18-5-3-4-17(12-18)38-25(27,28)29/h1-7,12-13,15-16,31H,8-11,14,30H2. The lowest BCUT2D eigenvalue weighted by atomic mass is 9.98. The molecule has 0 atom stereocenters. The van der Waals surface area contributed by atoms with Gasteiger partial charge in [-0.2, -0.15) is 13.9 Å². The summed E-state index contributed by atoms with van der Waals surface area (Å²) in [7, 11) is -3.97. The highest BCUT2D eigenvalue weighted by atomic mass is 79.9. The van der Waals surface area contributed by atoms with Gasteiger partial charge in [-0.3, -0.25) is 0 Å². The summed E-state index contributed by atoms with van der Waals surface area (Å²) in [5.74, 6) is 0.289. The van der Waals surface area contributed by atoms with Gasteiger partial charge in [0.1, 0.15) is 11.6 Å². The first-order chi connectivity index (χ1) is 18.5. The van der Waals surface area contributed by atoms with Gasteiger partial charge in [-0.15, -0.1) is 13.2 Å². The van der Waals surface area contributed by atoms with Crippen LogP contribution in [0.1, 0.15) is 12.8 Å². The number of hydrogen-bond donors (Lipinski definition) is 2. The Morgan fingerprint density at radius 2 is 1.85 bits per heavy atom. The Bertz CT molecular complexity index is 1600. The quantitative estimate of drug-likeness (QED) is 0.273. The summed E-state index contributed by atoms with van der Waals surface area (Å²) in [6, 6.07) is 13.8. The van der Waals surface area contributed by atoms with Crippen molar-refractivity contribution in [2.75, 3.05) is 30.7 Å². The van der Waals surface area contributed by atoms with Crippen LogP contribution in [0, 0.1) is 5.92 Å². The van der Waals surface area contributed by atoms with Crippen LogP contribution in [-0.4, -0.2) is 53.3 Å². The maximum Gasteiger partial charge on any atom is 0.573 e. The van der Waals surface area contributed by atoms with E-state index in [0.717, 1.165) is 22.2 Å². The molecule has 14 heteroatoms. The zero-order chi connectivity index (χ0) is 27.8. The van der Waals surface area contributed by atoms with Gasteiger partial charge in [0.25, 0.3) is 0 Å². The number of rotatable bonds is 7. The molecule has 1 saturated heterocycles. The lowest BCUT2D eigenvalue weighted by Gasteiger charge is -2.31. The van der Waals surface area contributed by atoms with Gasteiger partial charge in [0.15, 0.2) is 5.65 Å². The third-order valence-electron chi connectivity index (χ3n) is 6.49. The number of nitrogens with zero attached hydrogens (tertiary/aromatic N) is 4. The number of hydrogen-bond acceptors (Lipinski definition) is 7. The first kappa shape index (κ1) is 27.2. The van der Waals surface area contributed by atoms with Gasteiger partial charge in [0.2, 0.25) is 10.0 Å². The van der Waals surface area contributed by atoms with Crippen molar-refractivity contribution in [3.05, 3.63) is 65.3 Å². The molecule has 0 spiro atoms. The van der Waals surface area contributed by atoms with E-state index in [0.29, 0.717) is 42.2 Å². The molecule has 3 heterocycles. The van der Waals surface area contributed by atoms with Crippen LogP contribution >= 0.6 is 15.9 Å². The monoisotopic (exact) mass is 624 g/mol. The predicted molar refractivity (Wildman–Crippen MR) is 144 cm³/mol. The van der Waals surface area contributed by atoms with Crippen molar-refractivity contribution >= 4 is 43.1 Å². The lowest BCUT2D eigenvalue weighted by Crippen LogP contribution is -2.39. The molecule has 0 amide bonds. The van der Waals surface area contributed by atoms with Crippen LogP contribution in [-0.2, 0) is 10.0 Å². The Hall–Kier alpha value is -3.36. The molecule has 5 rings (SSSR count). The molecule has 3 N–H and O–H groups in total. The van der Waals surface area contributed by atoms with E-state index >= 15 is 0 Å². The fraction of sp³-hybridized carbons (Fsp3) is 0.280. The zero-order valence-electron chi connectivity index (χ0n) is 20.4. The largest absolute Gasteiger partial charge is 0.573 e. The van der Waals surface area contributed by atoms with Crippen LogP contribution in [0.3, 0.4) is 0 Å². The van der Waals surface area contributed by atoms with E-state index in [-0.39, 0.29) is 23.9 Å². The highest BCUT2D eigenvalue weighted by molar-refractivity contribution is 9.10. The third kappa shape index (κ3) is 5.97. The molecule has 39 heavy (non-hydrogen) atoms. The van der Waals surface area contributed by atoms with E-state index < -0.39 is 22.1 Å². The molecule has 1 fully saturated rings. The van der Waals surface area contributed by atoms with Gasteiger partial charge in [0.05, 0.1) is 21.3 Å². The molecule has 2 aromatic heterocycles. The molecule has 0 saturated carbocycles. The number of nitrogen functional groups attached to an aromatic ring is 1. The second kappa shape index (κ2) is 10.7. The Morgan fingerprint density at radius 3 is 2.56 bits per heavy atom. The number of fused-ring (bicyclic) bond motifs is 1. The summed E-state index contributed by atoms with van der Waals surface area (Å²) < 4.78 is 71.5. The number of benzene rings is 2. The number of para-hydroxylation sites is 1. The molecule has 4 aromatic rings. The summed E-state index contributed by atoms with van der Waals surface area (Å²) in [6.07, 6.45) is -2.11. The van der Waals surface area contributed by atoms with Gasteiger partial charge in [-0.1, -0.05) is 24.3 Å². The summed E-state index contributed by atoms with van der Waals surface area (Å²) in [4.78, 5) is 4.46. The molecular weight excluding hydrogens is 601 g/mol. The van der Waals surface area contributed by atoms with Crippen molar-refractivity contribution in [3.63, 3.8) is 0 Å². The SMILES string of the molecule is Nc1ccccc1-c1cc(NCC2CCN(S(=O)(=O)c3cccc(OC(F)(F)F)c3)CC2)n2ncc(Br)c2n1. The molecule has 0 aliphatic carbocycles. The van der Waals surface area contributed by atoms with Crippen LogP contribution < -0.4 is 15.8 Å². The van der Waals surface area contributed by atoms with E-state index in [2.05, 4.69) is 31.1 Å². The fourth-order valence-electron chi connectivity index (χ4n) is 4.51. The van der Waals surface area contributed by atoms with Crippen LogP contribution in [0.25, 0.3) is 16.9 Å². The van der Waals surface area contributed by atoms with Crippen molar-refractivity contribution in [3.8, 4) is 17.0 Å². The summed E-state index contributed by atoms with van der Waals surface area (Å²) in [5, 5.41) is 7.81. The molecule has 9 nitrogen and oxygen atoms in total. The topological polar surface area (TPSA) is 115 Å². The van der Waals surface area contributed by atoms with Gasteiger partial charge in [0, 0.05) is 43.0 Å². The number of alkyl halides is 3. The van der Waals surface area contributed by atoms with Crippen molar-refractivity contribution in [2.24, 2.45) is 5.92 Å². The lowest BCUT2D eigenvalue weighted by molar-refractivity contribution is -0.274. The van der Waals surface area contributed by atoms with Gasteiger partial charge >= 0.3 is 6.36 Å². The van der Waals surface area contributed by atoms with E-state index in [4.69, 9.17) is 10.7 Å². The Morgan fingerprint density at radius 1 is 1.10 bits per heavy atom. The van der Waals surface area contributed by atoms with Crippen LogP contribution in [0.2, 0.25) is 0 Å². The van der Waals surface area contributed by atoms with Crippen molar-refractivity contribution in [2.45, 2.75) is 24.1 Å². The molecular formula is C25H24BrF3N6O3S. The Balaban J connectivity index is 1.27. The molecule has 0 radical (unpaired) electrons. The number of piperidine rings is 1. The van der Waals surface area contributed by atoms with Gasteiger partial charge < -0.3 is 15.8 Å². The van der Waals surface area contributed by atoms with Crippen LogP contribution in [0.4, 0.5) is 24.7 Å². The molecule has 1 aliphatic rings. The molecule has 0 unspecified atom stereocenters. The van der Waals surface area contributed by atoms with E-state index in [1.54, 1.807) is 16.8 Å². The van der Waals surface area contributed by atoms with Gasteiger partial charge in [-0.05, 0) is 52.9 Å². The van der Waals surface area contributed by atoms with Crippen LogP contribution in [0.5, 0.6) is 5.75 Å². The second-order valence-corrected chi connectivity index (χ2v) is 11.9. The number of aromatic nitrogens is 3. The average Bonchev–Trinajstić information content (AvgIpc) is 3.27. The molecule has 0 bridgehead atoms. The predicted octanol–water partition coefficient (Wildman–Crippen LogP) is 5.15. The number of sulfonamides is 1. The van der Waals surface area contributed by atoms with Crippen LogP contribution in [0.15, 0.2) is 70.2 Å². The van der Waals surface area contributed by atoms with Crippen molar-refractivity contribution in [1.82, 2.24) is 18.9 Å². The van der Waals surface area contributed by atoms with Gasteiger partial charge in [-0.25, -0.2) is 13.4 Å². The summed E-state index contributed by atoms with van der Waals surface area (Å²) >= 11 is 3.49. The smallest absolute Gasteiger partial charge is 0.406 e. The van der Waals surface area contributed by atoms with Crippen molar-refractivity contribution < 1.29 is 26.3 Å². The minimum absolute atomic E-state index is 0.156. The molecule has 206 valence electrons. The average molecular weight is 625 g/mol. The molecule has 1 aliphatic heterocycles. The number of nitrogens with one attached hydrogen (secondary N) is 1. The van der Waals surface area contributed by atoms with Crippen molar-refractivity contribution in [1.29, 1.82) is 0 Å². The number of ether oxygens (including phenoxy) is 1. The summed E-state index contributed by atoms with van der Waals surface area (Å²) in [6.45, 7) is 1.04. The van der Waals surface area contributed by atoms with E-state index in [1.807, 2.05) is 24.3 Å². The highest BCUT2D eigenvalue weighted by Gasteiger charge is 2.33. The minimum Gasteiger partial charge on any atom is -0.406 e. The maximum absolute atomic E-state index is 13.1. The zero-order valence-corrected chi connectivity index (χ0v) is 22.8. The molecule has 2 aromatic carbocycles.